The molecule has 0 unspecified atom stereocenters. The minimum Gasteiger partial charge on any atom is -0.496 e. The molecule has 0 spiro atoms. The van der Waals surface area contributed by atoms with E-state index in [4.69, 9.17) is 32.7 Å². The van der Waals surface area contributed by atoms with Gasteiger partial charge in [-0.25, -0.2) is 4.39 Å². The molecule has 2 amide bonds. The number of ether oxygens (including phenoxy) is 2. The number of hydrogen-bond acceptors (Lipinski definition) is 4. The van der Waals surface area contributed by atoms with Crippen molar-refractivity contribution in [3.63, 3.8) is 0 Å². The smallest absolute Gasteiger partial charge is 0.262 e. The Labute approximate surface area is 185 Å². The quantitative estimate of drug-likeness (QED) is 0.364. The van der Waals surface area contributed by atoms with Crippen LogP contribution in [0, 0.1) is 5.82 Å². The normalized spacial score (nSPS) is 11.1. The molecule has 0 saturated heterocycles. The van der Waals surface area contributed by atoms with Gasteiger partial charge in [0.05, 0.1) is 12.1 Å². The summed E-state index contributed by atoms with van der Waals surface area (Å²) in [5, 5.41) is 5.18. The monoisotopic (exact) mass is 456 g/mol. The molecule has 1 rings (SSSR count). The van der Waals surface area contributed by atoms with Crippen LogP contribution in [-0.2, 0) is 14.3 Å². The van der Waals surface area contributed by atoms with Gasteiger partial charge in [-0.2, -0.15) is 0 Å². The molecule has 0 heterocycles. The molecule has 0 aliphatic heterocycles. The number of nitrogens with one attached hydrogen (secondary N) is 2. The molecule has 0 aliphatic carbocycles. The van der Waals surface area contributed by atoms with Gasteiger partial charge in [0, 0.05) is 30.3 Å². The molecular formula is C21H23Cl2FN2O4. The van der Waals surface area contributed by atoms with Gasteiger partial charge in [-0.05, 0) is 30.2 Å². The maximum Gasteiger partial charge on any atom is 0.262 e. The van der Waals surface area contributed by atoms with Crippen LogP contribution in [0.25, 0.3) is 0 Å². The Morgan fingerprint density at radius 2 is 1.93 bits per heavy atom. The molecule has 6 nitrogen and oxygen atoms in total. The summed E-state index contributed by atoms with van der Waals surface area (Å²) in [5.74, 6) is -0.715. The highest BCUT2D eigenvalue weighted by atomic mass is 35.5. The number of methoxy groups -OCH3 is 1. The maximum absolute atomic E-state index is 13.3. The number of halogens is 3. The van der Waals surface area contributed by atoms with E-state index in [0.717, 1.165) is 6.07 Å². The molecule has 1 aromatic carbocycles. The van der Waals surface area contributed by atoms with Crippen molar-refractivity contribution in [1.29, 1.82) is 0 Å². The number of amides is 2. The van der Waals surface area contributed by atoms with Crippen LogP contribution in [-0.4, -0.2) is 32.1 Å². The van der Waals surface area contributed by atoms with Crippen LogP contribution in [0.1, 0.15) is 12.8 Å². The lowest BCUT2D eigenvalue weighted by Crippen LogP contribution is -2.29. The van der Waals surface area contributed by atoms with Crippen molar-refractivity contribution in [3.8, 4) is 5.75 Å². The number of carbonyl (C=O) groups is 2. The van der Waals surface area contributed by atoms with Gasteiger partial charge in [0.15, 0.2) is 6.61 Å². The zero-order valence-corrected chi connectivity index (χ0v) is 18.0. The average molecular weight is 457 g/mol. The molecule has 1 aromatic rings. The number of hydrogen-bond donors (Lipinski definition) is 2. The Hall–Kier alpha value is -2.77. The molecule has 0 aliphatic rings. The Balaban J connectivity index is 2.27. The Kier molecular flexibility index (Phi) is 11.3. The van der Waals surface area contributed by atoms with Crippen molar-refractivity contribution in [2.75, 3.05) is 20.3 Å². The van der Waals surface area contributed by atoms with Crippen LogP contribution in [0.4, 0.5) is 4.39 Å². The molecule has 162 valence electrons. The highest BCUT2D eigenvalue weighted by Crippen LogP contribution is 2.20. The second kappa shape index (κ2) is 13.5. The molecule has 0 atom stereocenters. The third-order valence-corrected chi connectivity index (χ3v) is 4.09. The first-order valence-electron chi connectivity index (χ1n) is 8.77. The van der Waals surface area contributed by atoms with Gasteiger partial charge >= 0.3 is 0 Å². The highest BCUT2D eigenvalue weighted by Gasteiger charge is 2.08. The van der Waals surface area contributed by atoms with E-state index in [9.17, 15) is 14.0 Å². The number of rotatable bonds is 12. The minimum atomic E-state index is -0.641. The molecule has 2 N–H and O–H groups in total. The topological polar surface area (TPSA) is 76.7 Å². The predicted molar refractivity (Wildman–Crippen MR) is 116 cm³/mol. The highest BCUT2D eigenvalue weighted by molar-refractivity contribution is 6.30. The molecular weight excluding hydrogens is 434 g/mol. The summed E-state index contributed by atoms with van der Waals surface area (Å²) in [6.07, 6.45) is 3.67. The van der Waals surface area contributed by atoms with Crippen molar-refractivity contribution in [1.82, 2.24) is 10.6 Å². The molecule has 30 heavy (non-hydrogen) atoms. The first-order valence-corrected chi connectivity index (χ1v) is 9.59. The largest absolute Gasteiger partial charge is 0.496 e. The Morgan fingerprint density at radius 3 is 2.57 bits per heavy atom. The summed E-state index contributed by atoms with van der Waals surface area (Å²) in [6, 6.07) is 3.86. The van der Waals surface area contributed by atoms with Gasteiger partial charge in [-0.1, -0.05) is 42.4 Å². The molecule has 9 heteroatoms. The van der Waals surface area contributed by atoms with Crippen molar-refractivity contribution in [2.45, 2.75) is 12.8 Å². The summed E-state index contributed by atoms with van der Waals surface area (Å²) in [5.41, 5.74) is 2.29. The van der Waals surface area contributed by atoms with E-state index >= 15 is 0 Å². The average Bonchev–Trinajstić information content (AvgIpc) is 2.72. The van der Waals surface area contributed by atoms with Crippen LogP contribution >= 0.6 is 23.2 Å². The predicted octanol–water partition coefficient (Wildman–Crippen LogP) is 4.22. The second-order valence-electron chi connectivity index (χ2n) is 6.00. The van der Waals surface area contributed by atoms with Crippen LogP contribution in [0.15, 0.2) is 66.1 Å². The second-order valence-corrected chi connectivity index (χ2v) is 6.63. The summed E-state index contributed by atoms with van der Waals surface area (Å²) in [7, 11) is 1.48. The van der Waals surface area contributed by atoms with E-state index in [0.29, 0.717) is 17.0 Å². The van der Waals surface area contributed by atoms with Crippen LogP contribution < -0.4 is 15.4 Å². The van der Waals surface area contributed by atoms with Gasteiger partial charge < -0.3 is 20.1 Å². The lowest BCUT2D eigenvalue weighted by molar-refractivity contribution is -0.123. The summed E-state index contributed by atoms with van der Waals surface area (Å²) < 4.78 is 23.5. The van der Waals surface area contributed by atoms with Crippen molar-refractivity contribution >= 4 is 35.0 Å². The zero-order valence-electron chi connectivity index (χ0n) is 16.5. The zero-order chi connectivity index (χ0) is 22.5. The van der Waals surface area contributed by atoms with Crippen molar-refractivity contribution < 1.29 is 23.5 Å². The standard InChI is InChI=1S/C21H23Cl2FN2O4/c1-14(4-6-17(11-22)29-3)12-25-20(27)9-5-15(2)26-21(28)13-30-16-7-8-18(23)19(24)10-16/h4,6-8,10-11H,1-2,5,9,12-13H2,3H3,(H,25,27)(H,26,28)/b6-4-,17-11-. The van der Waals surface area contributed by atoms with E-state index in [1.54, 1.807) is 12.2 Å². The fraction of sp³-hybridized carbons (Fsp3) is 0.238. The van der Waals surface area contributed by atoms with E-state index in [2.05, 4.69) is 23.8 Å². The fourth-order valence-electron chi connectivity index (χ4n) is 1.98. The lowest BCUT2D eigenvalue weighted by atomic mass is 10.2. The van der Waals surface area contributed by atoms with Crippen LogP contribution in [0.5, 0.6) is 5.75 Å². The van der Waals surface area contributed by atoms with Crippen molar-refractivity contribution in [2.24, 2.45) is 0 Å². The fourth-order valence-corrected chi connectivity index (χ4v) is 2.26. The summed E-state index contributed by atoms with van der Waals surface area (Å²) >= 11 is 11.1. The summed E-state index contributed by atoms with van der Waals surface area (Å²) in [6.45, 7) is 7.43. The van der Waals surface area contributed by atoms with Gasteiger partial charge in [-0.3, -0.25) is 9.59 Å². The molecule has 0 saturated carbocycles. The molecule has 0 bridgehead atoms. The SMILES string of the molecule is C=C(/C=C\C(=C\Cl)OC)CNC(=O)CCC(=C)NC(=O)COc1ccc(Cl)c(F)c1. The number of carbonyl (C=O) groups excluding carboxylic acids is 2. The lowest BCUT2D eigenvalue weighted by Gasteiger charge is -2.10. The van der Waals surface area contributed by atoms with Gasteiger partial charge in [0.2, 0.25) is 5.91 Å². The Bertz CT molecular complexity index is 853. The first-order chi connectivity index (χ1) is 14.2. The number of benzene rings is 1. The van der Waals surface area contributed by atoms with E-state index in [1.165, 1.54) is 24.8 Å². The van der Waals surface area contributed by atoms with Crippen molar-refractivity contribution in [3.05, 3.63) is 76.9 Å². The molecule has 0 radical (unpaired) electrons. The van der Waals surface area contributed by atoms with Crippen LogP contribution in [0.3, 0.4) is 0 Å². The van der Waals surface area contributed by atoms with Crippen LogP contribution in [0.2, 0.25) is 5.02 Å². The molecule has 0 fully saturated rings. The third-order valence-electron chi connectivity index (χ3n) is 3.57. The minimum absolute atomic E-state index is 0.0372. The first kappa shape index (κ1) is 25.3. The van der Waals surface area contributed by atoms with E-state index in [-0.39, 0.29) is 42.7 Å². The maximum atomic E-state index is 13.3. The van der Waals surface area contributed by atoms with Gasteiger partial charge in [0.1, 0.15) is 17.3 Å². The molecule has 0 aromatic heterocycles. The van der Waals surface area contributed by atoms with Gasteiger partial charge in [-0.15, -0.1) is 0 Å². The van der Waals surface area contributed by atoms with E-state index in [1.807, 2.05) is 0 Å². The van der Waals surface area contributed by atoms with Gasteiger partial charge in [0.25, 0.3) is 5.91 Å². The van der Waals surface area contributed by atoms with E-state index < -0.39 is 11.7 Å². The summed E-state index contributed by atoms with van der Waals surface area (Å²) in [4.78, 5) is 23.8. The number of allylic oxidation sites excluding steroid dienone is 2. The third kappa shape index (κ3) is 10.1. The Morgan fingerprint density at radius 1 is 1.20 bits per heavy atom.